The van der Waals surface area contributed by atoms with Crippen molar-refractivity contribution in [2.24, 2.45) is 0 Å². The van der Waals surface area contributed by atoms with Crippen molar-refractivity contribution >= 4 is 17.1 Å². The Morgan fingerprint density at radius 2 is 1.17 bits per heavy atom. The molecular weight excluding hydrogens is 574 g/mol. The molecule has 0 atom stereocenters. The standard InChI is InChI=1S/C43H31N3O/c1-43(2)37-13-5-7-15-39(37)46(40-16-8-6-14-38(40)43)30-21-24-31-28(25-30)19-22-33-32(23-20-29(26-44)36(33)27-45)35-12-4-10-18-42(35)47-41-17-9-3-11-34(31)41/h3-18,20-21,23-25H,19,22H2,1-2H3. The molecule has 4 heteroatoms. The second-order valence-corrected chi connectivity index (χ2v) is 12.7. The van der Waals surface area contributed by atoms with Crippen molar-refractivity contribution in [3.8, 4) is 45.9 Å². The zero-order valence-corrected chi connectivity index (χ0v) is 26.3. The zero-order chi connectivity index (χ0) is 32.1. The number of aryl methyl sites for hydroxylation is 1. The van der Waals surface area contributed by atoms with Gasteiger partial charge in [0.1, 0.15) is 23.6 Å². The van der Waals surface area contributed by atoms with E-state index in [1.54, 1.807) is 6.07 Å². The predicted molar refractivity (Wildman–Crippen MR) is 187 cm³/mol. The first-order valence-electron chi connectivity index (χ1n) is 15.9. The van der Waals surface area contributed by atoms with Gasteiger partial charge >= 0.3 is 0 Å². The zero-order valence-electron chi connectivity index (χ0n) is 26.3. The van der Waals surface area contributed by atoms with Crippen molar-refractivity contribution in [3.63, 3.8) is 0 Å². The van der Waals surface area contributed by atoms with Gasteiger partial charge in [-0.25, -0.2) is 0 Å². The van der Waals surface area contributed by atoms with Crippen LogP contribution in [0.1, 0.15) is 47.2 Å². The fraction of sp³-hybridized carbons (Fsp3) is 0.116. The molecule has 2 aliphatic rings. The largest absolute Gasteiger partial charge is 0.456 e. The highest BCUT2D eigenvalue weighted by Crippen LogP contribution is 2.52. The molecule has 0 aliphatic carbocycles. The van der Waals surface area contributed by atoms with Crippen LogP contribution in [0.15, 0.2) is 127 Å². The van der Waals surface area contributed by atoms with E-state index in [1.165, 1.54) is 22.5 Å². The summed E-state index contributed by atoms with van der Waals surface area (Å²) in [6.45, 7) is 4.60. The second kappa shape index (κ2) is 11.1. The Hall–Kier alpha value is -6.10. The van der Waals surface area contributed by atoms with Gasteiger partial charge < -0.3 is 9.64 Å². The highest BCUT2D eigenvalue weighted by Gasteiger charge is 2.36. The number of nitrogens with zero attached hydrogens (tertiary/aromatic N) is 3. The van der Waals surface area contributed by atoms with E-state index in [4.69, 9.17) is 4.74 Å². The molecule has 0 N–H and O–H groups in total. The predicted octanol–water partition coefficient (Wildman–Crippen LogP) is 10.8. The molecule has 224 valence electrons. The average Bonchev–Trinajstić information content (AvgIpc) is 3.13. The van der Waals surface area contributed by atoms with Crippen LogP contribution in [-0.2, 0) is 18.3 Å². The summed E-state index contributed by atoms with van der Waals surface area (Å²) in [5.74, 6) is 1.47. The first-order chi connectivity index (χ1) is 23.0. The number of benzene rings is 6. The lowest BCUT2D eigenvalue weighted by Gasteiger charge is -2.42. The molecule has 2 heterocycles. The minimum Gasteiger partial charge on any atom is -0.456 e. The molecule has 4 nitrogen and oxygen atoms in total. The normalized spacial score (nSPS) is 13.8. The SMILES string of the molecule is CC1(C)c2ccccc2N(c2ccc3c(c2)CCc2c(ccc(C#N)c2C#N)-c2ccccc2Oc2ccccc2-3)c2ccccc21. The van der Waals surface area contributed by atoms with Crippen molar-refractivity contribution in [2.45, 2.75) is 32.1 Å². The maximum Gasteiger partial charge on any atom is 0.135 e. The fourth-order valence-electron chi connectivity index (χ4n) is 7.45. The Morgan fingerprint density at radius 1 is 0.596 bits per heavy atom. The van der Waals surface area contributed by atoms with E-state index in [0.717, 1.165) is 44.8 Å². The third-order valence-corrected chi connectivity index (χ3v) is 9.75. The minimum atomic E-state index is -0.150. The first-order valence-corrected chi connectivity index (χ1v) is 15.9. The van der Waals surface area contributed by atoms with Gasteiger partial charge in [0.15, 0.2) is 0 Å². The van der Waals surface area contributed by atoms with Crippen LogP contribution >= 0.6 is 0 Å². The first kappa shape index (κ1) is 28.4. The Bertz CT molecular complexity index is 2250. The summed E-state index contributed by atoms with van der Waals surface area (Å²) in [7, 11) is 0. The van der Waals surface area contributed by atoms with Crippen LogP contribution in [0.25, 0.3) is 22.3 Å². The van der Waals surface area contributed by atoms with Crippen molar-refractivity contribution in [3.05, 3.63) is 161 Å². The third kappa shape index (κ3) is 4.50. The average molecular weight is 606 g/mol. The van der Waals surface area contributed by atoms with Crippen LogP contribution in [0.4, 0.5) is 17.1 Å². The lowest BCUT2D eigenvalue weighted by molar-refractivity contribution is 0.486. The summed E-state index contributed by atoms with van der Waals surface area (Å²) in [5.41, 5.74) is 12.5. The van der Waals surface area contributed by atoms with E-state index in [2.05, 4.69) is 104 Å². The smallest absolute Gasteiger partial charge is 0.135 e. The second-order valence-electron chi connectivity index (χ2n) is 12.7. The van der Waals surface area contributed by atoms with Crippen molar-refractivity contribution < 1.29 is 4.74 Å². The summed E-state index contributed by atoms with van der Waals surface area (Å²) in [4.78, 5) is 2.38. The lowest BCUT2D eigenvalue weighted by atomic mass is 9.73. The van der Waals surface area contributed by atoms with Crippen LogP contribution in [0.3, 0.4) is 0 Å². The molecule has 8 rings (SSSR count). The molecule has 0 fully saturated rings. The molecular formula is C43H31N3O. The van der Waals surface area contributed by atoms with Gasteiger partial charge in [-0.3, -0.25) is 0 Å². The molecule has 0 amide bonds. The Kier molecular flexibility index (Phi) is 6.68. The van der Waals surface area contributed by atoms with Gasteiger partial charge in [-0.2, -0.15) is 10.5 Å². The molecule has 0 saturated carbocycles. The molecule has 0 unspecified atom stereocenters. The van der Waals surface area contributed by atoms with Gasteiger partial charge in [0.05, 0.1) is 22.5 Å². The van der Waals surface area contributed by atoms with Gasteiger partial charge in [0.25, 0.3) is 0 Å². The molecule has 0 radical (unpaired) electrons. The highest BCUT2D eigenvalue weighted by molar-refractivity contribution is 5.88. The van der Waals surface area contributed by atoms with Crippen LogP contribution in [0.5, 0.6) is 11.5 Å². The maximum absolute atomic E-state index is 10.3. The Labute approximate surface area is 275 Å². The molecule has 0 spiro atoms. The monoisotopic (exact) mass is 605 g/mol. The quantitative estimate of drug-likeness (QED) is 0.187. The van der Waals surface area contributed by atoms with E-state index in [0.29, 0.717) is 29.7 Å². The van der Waals surface area contributed by atoms with Gasteiger partial charge in [0.2, 0.25) is 0 Å². The maximum atomic E-state index is 10.3. The van der Waals surface area contributed by atoms with Crippen LogP contribution in [-0.4, -0.2) is 0 Å². The lowest BCUT2D eigenvalue weighted by Crippen LogP contribution is -2.30. The number of hydrogen-bond donors (Lipinski definition) is 0. The summed E-state index contributed by atoms with van der Waals surface area (Å²) < 4.78 is 6.72. The minimum absolute atomic E-state index is 0.150. The topological polar surface area (TPSA) is 60.0 Å². The van der Waals surface area contributed by atoms with Crippen molar-refractivity contribution in [1.82, 2.24) is 0 Å². The molecule has 2 aliphatic heterocycles. The summed E-state index contributed by atoms with van der Waals surface area (Å²) in [6, 6.07) is 48.5. The summed E-state index contributed by atoms with van der Waals surface area (Å²) in [6.07, 6.45) is 1.25. The van der Waals surface area contributed by atoms with Crippen molar-refractivity contribution in [1.29, 1.82) is 10.5 Å². The Morgan fingerprint density at radius 3 is 1.81 bits per heavy atom. The van der Waals surface area contributed by atoms with E-state index in [-0.39, 0.29) is 5.41 Å². The number of hydrogen-bond acceptors (Lipinski definition) is 4. The van der Waals surface area contributed by atoms with Gasteiger partial charge in [-0.1, -0.05) is 98.8 Å². The molecule has 6 aromatic carbocycles. The summed E-state index contributed by atoms with van der Waals surface area (Å²) >= 11 is 0. The Balaban J connectivity index is 1.37. The van der Waals surface area contributed by atoms with Crippen LogP contribution in [0.2, 0.25) is 0 Å². The van der Waals surface area contributed by atoms with E-state index >= 15 is 0 Å². The third-order valence-electron chi connectivity index (χ3n) is 9.75. The number of rotatable bonds is 1. The highest BCUT2D eigenvalue weighted by atomic mass is 16.5. The molecule has 0 aromatic heterocycles. The number of fused-ring (bicyclic) bond motifs is 8. The number of nitriles is 2. The number of ether oxygens (including phenoxy) is 1. The molecule has 47 heavy (non-hydrogen) atoms. The number of anilines is 3. The number of para-hydroxylation sites is 4. The molecule has 0 saturated heterocycles. The van der Waals surface area contributed by atoms with E-state index < -0.39 is 0 Å². The van der Waals surface area contributed by atoms with E-state index in [9.17, 15) is 10.5 Å². The summed E-state index contributed by atoms with van der Waals surface area (Å²) in [5, 5.41) is 20.3. The van der Waals surface area contributed by atoms with Gasteiger partial charge in [-0.05, 0) is 88.7 Å². The van der Waals surface area contributed by atoms with Gasteiger partial charge in [0, 0.05) is 22.2 Å². The molecule has 6 aromatic rings. The van der Waals surface area contributed by atoms with Crippen LogP contribution in [0, 0.1) is 22.7 Å². The van der Waals surface area contributed by atoms with E-state index in [1.807, 2.05) is 48.5 Å². The van der Waals surface area contributed by atoms with Gasteiger partial charge in [-0.15, -0.1) is 0 Å². The van der Waals surface area contributed by atoms with Crippen molar-refractivity contribution in [2.75, 3.05) is 4.90 Å². The van der Waals surface area contributed by atoms with Crippen LogP contribution < -0.4 is 9.64 Å². The fourth-order valence-corrected chi connectivity index (χ4v) is 7.45. The molecule has 0 bridgehead atoms.